The summed E-state index contributed by atoms with van der Waals surface area (Å²) in [5.74, 6) is -0.345. The Morgan fingerprint density at radius 2 is 0.818 bits per heavy atom. The van der Waals surface area contributed by atoms with Crippen LogP contribution in [0.1, 0.15) is 0 Å². The number of nitrogens with zero attached hydrogens (tertiary/aromatic N) is 4. The van der Waals surface area contributed by atoms with Crippen molar-refractivity contribution in [2.45, 2.75) is 0 Å². The maximum Gasteiger partial charge on any atom is 4.00 e. The van der Waals surface area contributed by atoms with Crippen molar-refractivity contribution in [3.63, 3.8) is 0 Å². The summed E-state index contributed by atoms with van der Waals surface area (Å²) in [4.78, 5) is 7.40. The van der Waals surface area contributed by atoms with Gasteiger partial charge in [-0.1, -0.05) is 72.8 Å². The van der Waals surface area contributed by atoms with Crippen LogP contribution in [0.2, 0.25) is 0 Å². The molecule has 0 aliphatic carbocycles. The van der Waals surface area contributed by atoms with E-state index in [0.717, 1.165) is 11.1 Å². The first-order valence-corrected chi connectivity index (χ1v) is 9.89. The molecule has 4 aromatic rings. The van der Waals surface area contributed by atoms with Crippen molar-refractivity contribution in [2.75, 3.05) is 28.2 Å². The smallest absolute Gasteiger partial charge is 0.858 e. The van der Waals surface area contributed by atoms with Gasteiger partial charge in [-0.3, -0.25) is 9.97 Å². The third kappa shape index (κ3) is 11.4. The van der Waals surface area contributed by atoms with Crippen LogP contribution in [-0.2, 0) is 21.7 Å². The second kappa shape index (κ2) is 18.5. The molecule has 0 amide bonds. The molecule has 0 atom stereocenters. The van der Waals surface area contributed by atoms with Gasteiger partial charge in [-0.15, -0.1) is 0 Å². The van der Waals surface area contributed by atoms with Crippen molar-refractivity contribution in [3.8, 4) is 34.0 Å². The van der Waals surface area contributed by atoms with Crippen LogP contribution < -0.4 is 10.2 Å². The number of aromatic nitrogens is 2. The SMILES string of the molecule is C[N-]C.C[N-]C.[O-]c1ncccc1-c1ccccc1.[O-]c1ncccc1-c1ccccc1.[Ti+4]. The summed E-state index contributed by atoms with van der Waals surface area (Å²) >= 11 is 0. The molecule has 0 N–H and O–H groups in total. The van der Waals surface area contributed by atoms with Crippen LogP contribution in [-0.4, -0.2) is 38.2 Å². The molecule has 0 bridgehead atoms. The normalized spacial score (nSPS) is 8.85. The molecule has 0 aliphatic rings. The van der Waals surface area contributed by atoms with Gasteiger partial charge in [-0.2, -0.15) is 28.2 Å². The minimum atomic E-state index is -0.172. The third-order valence-electron chi connectivity index (χ3n) is 3.71. The van der Waals surface area contributed by atoms with Crippen LogP contribution in [0.25, 0.3) is 32.9 Å². The molecule has 4 rings (SSSR count). The van der Waals surface area contributed by atoms with Crippen molar-refractivity contribution in [3.05, 3.63) is 108 Å². The van der Waals surface area contributed by atoms with E-state index < -0.39 is 0 Å². The summed E-state index contributed by atoms with van der Waals surface area (Å²) in [6.07, 6.45) is 3.02. The van der Waals surface area contributed by atoms with Crippen LogP contribution in [0, 0.1) is 0 Å². The number of hydrogen-bond acceptors (Lipinski definition) is 4. The standard InChI is InChI=1S/2C11H9NO.2C2H6N.Ti/c2*13-11-10(7-4-8-12-11)9-5-2-1-3-6-9;2*1-3-2;/h2*1-8H,(H,12,13);2*1-2H3;/q;;2*-1;+4/p-2. The monoisotopic (exact) mass is 476 g/mol. The fourth-order valence-corrected chi connectivity index (χ4v) is 2.46. The Bertz CT molecular complexity index is 920. The largest absolute Gasteiger partial charge is 4.00 e. The van der Waals surface area contributed by atoms with Crippen LogP contribution in [0.3, 0.4) is 0 Å². The molecule has 2 aromatic carbocycles. The van der Waals surface area contributed by atoms with E-state index in [1.165, 1.54) is 12.4 Å². The molecule has 2 heterocycles. The molecule has 7 heteroatoms. The number of rotatable bonds is 2. The number of benzene rings is 2. The van der Waals surface area contributed by atoms with Gasteiger partial charge in [-0.25, -0.2) is 0 Å². The molecule has 2 aromatic heterocycles. The molecule has 33 heavy (non-hydrogen) atoms. The Morgan fingerprint density at radius 1 is 0.515 bits per heavy atom. The predicted molar refractivity (Wildman–Crippen MR) is 129 cm³/mol. The van der Waals surface area contributed by atoms with Crippen molar-refractivity contribution >= 4 is 0 Å². The van der Waals surface area contributed by atoms with Crippen molar-refractivity contribution in [1.82, 2.24) is 9.97 Å². The van der Waals surface area contributed by atoms with Gasteiger partial charge in [0.25, 0.3) is 0 Å². The molecule has 0 saturated carbocycles. The first-order valence-electron chi connectivity index (χ1n) is 9.89. The van der Waals surface area contributed by atoms with Gasteiger partial charge in [0.05, 0.1) is 0 Å². The van der Waals surface area contributed by atoms with Crippen LogP contribution in [0.5, 0.6) is 11.8 Å². The van der Waals surface area contributed by atoms with E-state index in [2.05, 4.69) is 20.6 Å². The molecule has 168 valence electrons. The van der Waals surface area contributed by atoms with E-state index in [-0.39, 0.29) is 33.5 Å². The Labute approximate surface area is 211 Å². The predicted octanol–water partition coefficient (Wildman–Crippen LogP) is 4.88. The third-order valence-corrected chi connectivity index (χ3v) is 3.71. The summed E-state index contributed by atoms with van der Waals surface area (Å²) in [5, 5.41) is 29.6. The van der Waals surface area contributed by atoms with Crippen molar-refractivity contribution in [2.24, 2.45) is 0 Å². The Hall–Kier alpha value is -3.03. The van der Waals surface area contributed by atoms with Crippen LogP contribution in [0.15, 0.2) is 97.3 Å². The Balaban J connectivity index is 0.000000491. The van der Waals surface area contributed by atoms with E-state index in [4.69, 9.17) is 0 Å². The molecule has 6 nitrogen and oxygen atoms in total. The number of hydrogen-bond donors (Lipinski definition) is 0. The molecule has 0 spiro atoms. The van der Waals surface area contributed by atoms with Gasteiger partial charge in [0.1, 0.15) is 0 Å². The maximum atomic E-state index is 11.3. The van der Waals surface area contributed by atoms with Crippen molar-refractivity contribution < 1.29 is 31.9 Å². The molecule has 0 radical (unpaired) electrons. The van der Waals surface area contributed by atoms with E-state index in [9.17, 15) is 10.2 Å². The minimum Gasteiger partial charge on any atom is -0.858 e. The topological polar surface area (TPSA) is 100 Å². The van der Waals surface area contributed by atoms with E-state index in [1.807, 2.05) is 60.7 Å². The molecular weight excluding hydrogens is 448 g/mol. The van der Waals surface area contributed by atoms with Gasteiger partial charge in [0.15, 0.2) is 0 Å². The summed E-state index contributed by atoms with van der Waals surface area (Å²) in [6, 6.07) is 26.2. The zero-order valence-corrected chi connectivity index (χ0v) is 20.9. The summed E-state index contributed by atoms with van der Waals surface area (Å²) in [7, 11) is 7.00. The van der Waals surface area contributed by atoms with Gasteiger partial charge in [0, 0.05) is 12.4 Å². The van der Waals surface area contributed by atoms with Gasteiger partial charge in [0.2, 0.25) is 0 Å². The number of pyridine rings is 2. The first kappa shape index (κ1) is 30.0. The van der Waals surface area contributed by atoms with Crippen LogP contribution in [0.4, 0.5) is 0 Å². The van der Waals surface area contributed by atoms with E-state index >= 15 is 0 Å². The zero-order chi connectivity index (χ0) is 23.6. The second-order valence-electron chi connectivity index (χ2n) is 6.34. The van der Waals surface area contributed by atoms with Gasteiger partial charge < -0.3 is 20.8 Å². The average Bonchev–Trinajstić information content (AvgIpc) is 2.82. The summed E-state index contributed by atoms with van der Waals surface area (Å²) in [6.45, 7) is 0. The fraction of sp³-hybridized carbons (Fsp3) is 0.154. The van der Waals surface area contributed by atoms with E-state index in [1.54, 1.807) is 52.5 Å². The summed E-state index contributed by atoms with van der Waals surface area (Å²) < 4.78 is 0. The average molecular weight is 476 g/mol. The molecule has 0 fully saturated rings. The van der Waals surface area contributed by atoms with Gasteiger partial charge >= 0.3 is 21.7 Å². The second-order valence-corrected chi connectivity index (χ2v) is 6.34. The van der Waals surface area contributed by atoms with E-state index in [0.29, 0.717) is 11.1 Å². The molecular formula is C26H28N4O2Ti. The van der Waals surface area contributed by atoms with Crippen LogP contribution >= 0.6 is 0 Å². The molecule has 0 aliphatic heterocycles. The summed E-state index contributed by atoms with van der Waals surface area (Å²) in [5.41, 5.74) is 3.15. The molecule has 0 unspecified atom stereocenters. The maximum absolute atomic E-state index is 11.3. The molecule has 0 saturated heterocycles. The Morgan fingerprint density at radius 3 is 1.09 bits per heavy atom. The zero-order valence-electron chi connectivity index (χ0n) is 19.3. The van der Waals surface area contributed by atoms with Gasteiger partial charge in [-0.05, 0) is 46.1 Å². The first-order chi connectivity index (χ1) is 15.6. The minimum absolute atomic E-state index is 0. The quantitative estimate of drug-likeness (QED) is 0.385. The fourth-order valence-electron chi connectivity index (χ4n) is 2.46. The van der Waals surface area contributed by atoms with Crippen molar-refractivity contribution in [1.29, 1.82) is 0 Å². The Kier molecular flexibility index (Phi) is 16.8.